The molecule has 100 valence electrons. The van der Waals surface area contributed by atoms with Crippen molar-refractivity contribution >= 4 is 0 Å². The molecule has 3 heteroatoms. The molecule has 0 aromatic heterocycles. The highest BCUT2D eigenvalue weighted by molar-refractivity contribution is 4.95. The van der Waals surface area contributed by atoms with Gasteiger partial charge in [-0.3, -0.25) is 4.90 Å². The second kappa shape index (κ2) is 4.22. The highest BCUT2D eigenvalue weighted by Gasteiger charge is 2.39. The van der Waals surface area contributed by atoms with E-state index in [1.54, 1.807) is 0 Å². The summed E-state index contributed by atoms with van der Waals surface area (Å²) in [5, 5.41) is 0. The maximum Gasteiger partial charge on any atom is 0.0760 e. The lowest BCUT2D eigenvalue weighted by Crippen LogP contribution is -2.58. The van der Waals surface area contributed by atoms with E-state index in [-0.39, 0.29) is 16.7 Å². The zero-order valence-electron chi connectivity index (χ0n) is 11.9. The van der Waals surface area contributed by atoms with Gasteiger partial charge in [-0.1, -0.05) is 0 Å². The number of ether oxygens (including phenoxy) is 1. The Balaban J connectivity index is 1.87. The van der Waals surface area contributed by atoms with Gasteiger partial charge in [0.2, 0.25) is 0 Å². The van der Waals surface area contributed by atoms with Crippen molar-refractivity contribution in [3.8, 4) is 0 Å². The molecule has 0 radical (unpaired) electrons. The summed E-state index contributed by atoms with van der Waals surface area (Å²) in [6, 6.07) is 0. The van der Waals surface area contributed by atoms with Crippen LogP contribution in [0.1, 0.15) is 53.4 Å². The predicted molar refractivity (Wildman–Crippen MR) is 71.1 cm³/mol. The molecule has 1 aliphatic heterocycles. The Bertz CT molecular complexity index is 266. The third kappa shape index (κ3) is 3.43. The minimum absolute atomic E-state index is 0.0386. The molecule has 1 heterocycles. The average Bonchev–Trinajstić information content (AvgIpc) is 2.06. The second-order valence-electron chi connectivity index (χ2n) is 7.30. The van der Waals surface area contributed by atoms with Gasteiger partial charge >= 0.3 is 0 Å². The monoisotopic (exact) mass is 240 g/mol. The smallest absolute Gasteiger partial charge is 0.0760 e. The highest BCUT2D eigenvalue weighted by Crippen LogP contribution is 2.34. The van der Waals surface area contributed by atoms with Crippen LogP contribution in [0.3, 0.4) is 0 Å². The van der Waals surface area contributed by atoms with Crippen LogP contribution in [-0.4, -0.2) is 41.3 Å². The van der Waals surface area contributed by atoms with Gasteiger partial charge in [-0.15, -0.1) is 0 Å². The van der Waals surface area contributed by atoms with E-state index in [1.807, 2.05) is 0 Å². The van der Waals surface area contributed by atoms with Crippen molar-refractivity contribution in [3.63, 3.8) is 0 Å². The van der Waals surface area contributed by atoms with Crippen LogP contribution in [0.4, 0.5) is 0 Å². The molecule has 3 nitrogen and oxygen atoms in total. The lowest BCUT2D eigenvalue weighted by Gasteiger charge is -2.48. The van der Waals surface area contributed by atoms with E-state index in [0.717, 1.165) is 26.1 Å². The van der Waals surface area contributed by atoms with Crippen LogP contribution in [0.2, 0.25) is 0 Å². The van der Waals surface area contributed by atoms with E-state index in [1.165, 1.54) is 19.3 Å². The van der Waals surface area contributed by atoms with Crippen LogP contribution in [0.5, 0.6) is 0 Å². The standard InChI is InChI=1S/C14H28N2O/c1-12(2)10-16(11-13(3,4)17-12)9-8-14(15)6-5-7-14/h5-11,15H2,1-4H3. The van der Waals surface area contributed by atoms with Crippen molar-refractivity contribution in [2.75, 3.05) is 19.6 Å². The molecule has 17 heavy (non-hydrogen) atoms. The van der Waals surface area contributed by atoms with Gasteiger partial charge in [0, 0.05) is 25.2 Å². The first-order chi connectivity index (χ1) is 7.70. The summed E-state index contributed by atoms with van der Waals surface area (Å²) in [5.41, 5.74) is 6.37. The zero-order valence-corrected chi connectivity index (χ0v) is 11.9. The molecule has 1 saturated carbocycles. The Kier molecular flexibility index (Phi) is 3.30. The summed E-state index contributed by atoms with van der Waals surface area (Å²) in [5.74, 6) is 0. The lowest BCUT2D eigenvalue weighted by atomic mass is 9.75. The first kappa shape index (κ1) is 13.3. The summed E-state index contributed by atoms with van der Waals surface area (Å²) in [7, 11) is 0. The van der Waals surface area contributed by atoms with Gasteiger partial charge in [0.1, 0.15) is 0 Å². The molecular formula is C14H28N2O. The predicted octanol–water partition coefficient (Wildman–Crippen LogP) is 2.15. The van der Waals surface area contributed by atoms with E-state index >= 15 is 0 Å². The number of morpholine rings is 1. The first-order valence-electron chi connectivity index (χ1n) is 6.91. The van der Waals surface area contributed by atoms with E-state index in [4.69, 9.17) is 10.5 Å². The Hall–Kier alpha value is -0.120. The molecule has 0 aromatic rings. The third-order valence-electron chi connectivity index (χ3n) is 4.04. The van der Waals surface area contributed by atoms with Gasteiger partial charge in [-0.2, -0.15) is 0 Å². The van der Waals surface area contributed by atoms with Crippen LogP contribution >= 0.6 is 0 Å². The van der Waals surface area contributed by atoms with Crippen LogP contribution in [0, 0.1) is 0 Å². The summed E-state index contributed by atoms with van der Waals surface area (Å²) < 4.78 is 6.09. The number of rotatable bonds is 3. The van der Waals surface area contributed by atoms with Crippen molar-refractivity contribution in [1.29, 1.82) is 0 Å². The summed E-state index contributed by atoms with van der Waals surface area (Å²) in [6.07, 6.45) is 4.88. The quantitative estimate of drug-likeness (QED) is 0.821. The fraction of sp³-hybridized carbons (Fsp3) is 1.00. The number of nitrogens with zero attached hydrogens (tertiary/aromatic N) is 1. The SMILES string of the molecule is CC1(C)CN(CCC2(N)CCC2)CC(C)(C)O1. The van der Waals surface area contributed by atoms with Gasteiger partial charge in [-0.25, -0.2) is 0 Å². The van der Waals surface area contributed by atoms with E-state index in [9.17, 15) is 0 Å². The van der Waals surface area contributed by atoms with Gasteiger partial charge in [0.15, 0.2) is 0 Å². The van der Waals surface area contributed by atoms with E-state index in [2.05, 4.69) is 32.6 Å². The Morgan fingerprint density at radius 2 is 1.59 bits per heavy atom. The molecule has 0 bridgehead atoms. The van der Waals surface area contributed by atoms with Crippen LogP contribution < -0.4 is 5.73 Å². The average molecular weight is 240 g/mol. The van der Waals surface area contributed by atoms with Gasteiger partial charge in [0.25, 0.3) is 0 Å². The van der Waals surface area contributed by atoms with Gasteiger partial charge in [-0.05, 0) is 53.4 Å². The Morgan fingerprint density at radius 1 is 1.06 bits per heavy atom. The molecule has 1 saturated heterocycles. The lowest BCUT2D eigenvalue weighted by molar-refractivity contribution is -0.181. The molecule has 2 aliphatic rings. The van der Waals surface area contributed by atoms with Crippen molar-refractivity contribution in [3.05, 3.63) is 0 Å². The van der Waals surface area contributed by atoms with Crippen molar-refractivity contribution in [1.82, 2.24) is 4.90 Å². The number of hydrogen-bond acceptors (Lipinski definition) is 3. The van der Waals surface area contributed by atoms with Crippen molar-refractivity contribution < 1.29 is 4.74 Å². The molecule has 1 aliphatic carbocycles. The largest absolute Gasteiger partial charge is 0.367 e. The summed E-state index contributed by atoms with van der Waals surface area (Å²) in [6.45, 7) is 11.9. The summed E-state index contributed by atoms with van der Waals surface area (Å²) >= 11 is 0. The molecule has 0 spiro atoms. The minimum atomic E-state index is -0.0386. The molecular weight excluding hydrogens is 212 g/mol. The maximum atomic E-state index is 6.30. The second-order valence-corrected chi connectivity index (χ2v) is 7.30. The van der Waals surface area contributed by atoms with E-state index in [0.29, 0.717) is 0 Å². The number of hydrogen-bond donors (Lipinski definition) is 1. The maximum absolute atomic E-state index is 6.30. The van der Waals surface area contributed by atoms with Gasteiger partial charge < -0.3 is 10.5 Å². The molecule has 0 amide bonds. The fourth-order valence-electron chi connectivity index (χ4n) is 3.37. The fourth-order valence-corrected chi connectivity index (χ4v) is 3.37. The Labute approximate surface area is 106 Å². The molecule has 2 fully saturated rings. The van der Waals surface area contributed by atoms with Crippen LogP contribution in [-0.2, 0) is 4.74 Å². The summed E-state index contributed by atoms with van der Waals surface area (Å²) in [4.78, 5) is 2.52. The van der Waals surface area contributed by atoms with Crippen molar-refractivity contribution in [2.24, 2.45) is 5.73 Å². The third-order valence-corrected chi connectivity index (χ3v) is 4.04. The molecule has 0 atom stereocenters. The van der Waals surface area contributed by atoms with Gasteiger partial charge in [0.05, 0.1) is 11.2 Å². The zero-order chi connectivity index (χ0) is 12.7. The topological polar surface area (TPSA) is 38.5 Å². The van der Waals surface area contributed by atoms with E-state index < -0.39 is 0 Å². The molecule has 0 unspecified atom stereocenters. The molecule has 0 aromatic carbocycles. The van der Waals surface area contributed by atoms with Crippen LogP contribution in [0.25, 0.3) is 0 Å². The molecule has 2 N–H and O–H groups in total. The van der Waals surface area contributed by atoms with Crippen molar-refractivity contribution in [2.45, 2.75) is 70.1 Å². The highest BCUT2D eigenvalue weighted by atomic mass is 16.5. The normalized spacial score (nSPS) is 30.9. The molecule has 2 rings (SSSR count). The Morgan fingerprint density at radius 3 is 2.00 bits per heavy atom. The first-order valence-corrected chi connectivity index (χ1v) is 6.91. The number of nitrogens with two attached hydrogens (primary N) is 1. The minimum Gasteiger partial charge on any atom is -0.367 e. The van der Waals surface area contributed by atoms with Crippen LogP contribution in [0.15, 0.2) is 0 Å².